The Hall–Kier alpha value is -2.81. The average Bonchev–Trinajstić information content (AvgIpc) is 3.08. The lowest BCUT2D eigenvalue weighted by Crippen LogP contribution is -2.31. The van der Waals surface area contributed by atoms with Crippen LogP contribution in [0.1, 0.15) is 22.0 Å². The molecule has 0 unspecified atom stereocenters. The zero-order valence-corrected chi connectivity index (χ0v) is 13.5. The number of aromatic nitrogens is 1. The second kappa shape index (κ2) is 5.38. The number of sulfonamides is 1. The number of carbonyl (C=O) groups excluding carboxylic acids is 1. The molecule has 1 aliphatic rings. The van der Waals surface area contributed by atoms with Crippen LogP contribution in [0, 0.1) is 0 Å². The number of carbonyl (C=O) groups is 2. The molecule has 3 rings (SSSR count). The van der Waals surface area contributed by atoms with Crippen LogP contribution in [0.5, 0.6) is 0 Å². The SMILES string of the molecule is Cn1cc(S(=O)(=O)N2C[C@H](C(=O)O)c3ccccc32)cc1C(N)=O. The highest BCUT2D eigenvalue weighted by atomic mass is 32.2. The Morgan fingerprint density at radius 2 is 1.96 bits per heavy atom. The highest BCUT2D eigenvalue weighted by molar-refractivity contribution is 7.92. The van der Waals surface area contributed by atoms with E-state index in [9.17, 15) is 23.1 Å². The van der Waals surface area contributed by atoms with Crippen molar-refractivity contribution in [2.75, 3.05) is 10.8 Å². The van der Waals surface area contributed by atoms with Gasteiger partial charge >= 0.3 is 5.97 Å². The molecule has 1 amide bonds. The zero-order valence-electron chi connectivity index (χ0n) is 12.7. The normalized spacial score (nSPS) is 16.9. The van der Waals surface area contributed by atoms with Gasteiger partial charge in [0.1, 0.15) is 16.5 Å². The van der Waals surface area contributed by atoms with E-state index in [0.29, 0.717) is 11.3 Å². The number of benzene rings is 1. The van der Waals surface area contributed by atoms with Gasteiger partial charge in [-0.15, -0.1) is 0 Å². The Bertz CT molecular complexity index is 948. The molecule has 0 saturated heterocycles. The van der Waals surface area contributed by atoms with Crippen LogP contribution in [-0.4, -0.2) is 36.5 Å². The first-order valence-corrected chi connectivity index (χ1v) is 8.48. The smallest absolute Gasteiger partial charge is 0.312 e. The highest BCUT2D eigenvalue weighted by Crippen LogP contribution is 2.39. The Balaban J connectivity index is 2.10. The van der Waals surface area contributed by atoms with Crippen molar-refractivity contribution in [1.82, 2.24) is 4.57 Å². The predicted molar refractivity (Wildman–Crippen MR) is 85.3 cm³/mol. The first kappa shape index (κ1) is 16.1. The molecular weight excluding hydrogens is 334 g/mol. The number of nitrogens with two attached hydrogens (primary N) is 1. The molecule has 0 radical (unpaired) electrons. The second-order valence-electron chi connectivity index (χ2n) is 5.52. The number of rotatable bonds is 4. The van der Waals surface area contributed by atoms with Gasteiger partial charge in [0.25, 0.3) is 15.9 Å². The minimum Gasteiger partial charge on any atom is -0.481 e. The van der Waals surface area contributed by atoms with Gasteiger partial charge in [-0.2, -0.15) is 0 Å². The number of fused-ring (bicyclic) bond motifs is 1. The van der Waals surface area contributed by atoms with Crippen molar-refractivity contribution < 1.29 is 23.1 Å². The molecule has 1 atom stereocenters. The van der Waals surface area contributed by atoms with Crippen LogP contribution in [0.4, 0.5) is 5.69 Å². The molecule has 1 aromatic heterocycles. The Morgan fingerprint density at radius 1 is 1.29 bits per heavy atom. The standard InChI is InChI=1S/C15H15N3O5S/c1-17-7-9(6-13(17)14(16)19)24(22,23)18-8-11(15(20)21)10-4-2-3-5-12(10)18/h2-7,11H,8H2,1H3,(H2,16,19)(H,20,21)/t11-/m0/s1. The first-order valence-electron chi connectivity index (χ1n) is 7.04. The van der Waals surface area contributed by atoms with E-state index in [4.69, 9.17) is 5.73 Å². The van der Waals surface area contributed by atoms with E-state index in [0.717, 1.165) is 4.31 Å². The van der Waals surface area contributed by atoms with Crippen LogP contribution in [0.25, 0.3) is 0 Å². The van der Waals surface area contributed by atoms with Gasteiger partial charge < -0.3 is 15.4 Å². The van der Waals surface area contributed by atoms with Crippen molar-refractivity contribution in [3.8, 4) is 0 Å². The minimum absolute atomic E-state index is 0.0517. The van der Waals surface area contributed by atoms with Crippen LogP contribution in [0.15, 0.2) is 41.4 Å². The molecule has 2 heterocycles. The summed E-state index contributed by atoms with van der Waals surface area (Å²) in [4.78, 5) is 22.7. The van der Waals surface area contributed by atoms with E-state index >= 15 is 0 Å². The van der Waals surface area contributed by atoms with Crippen LogP contribution in [-0.2, 0) is 21.9 Å². The molecule has 1 aromatic carbocycles. The third kappa shape index (κ3) is 2.33. The summed E-state index contributed by atoms with van der Waals surface area (Å²) in [6, 6.07) is 7.66. The van der Waals surface area contributed by atoms with Crippen LogP contribution < -0.4 is 10.0 Å². The summed E-state index contributed by atoms with van der Waals surface area (Å²) in [6.07, 6.45) is 1.28. The van der Waals surface area contributed by atoms with Gasteiger partial charge in [-0.1, -0.05) is 18.2 Å². The lowest BCUT2D eigenvalue weighted by Gasteiger charge is -2.18. The van der Waals surface area contributed by atoms with E-state index in [-0.39, 0.29) is 17.1 Å². The quantitative estimate of drug-likeness (QED) is 0.832. The number of para-hydroxylation sites is 1. The molecule has 0 spiro atoms. The molecule has 8 nitrogen and oxygen atoms in total. The van der Waals surface area contributed by atoms with Gasteiger partial charge in [0.05, 0.1) is 12.2 Å². The largest absolute Gasteiger partial charge is 0.481 e. The Morgan fingerprint density at radius 3 is 2.54 bits per heavy atom. The third-order valence-corrected chi connectivity index (χ3v) is 5.79. The van der Waals surface area contributed by atoms with Crippen molar-refractivity contribution in [2.45, 2.75) is 10.8 Å². The van der Waals surface area contributed by atoms with Crippen molar-refractivity contribution >= 4 is 27.6 Å². The van der Waals surface area contributed by atoms with Gasteiger partial charge in [0, 0.05) is 13.2 Å². The molecule has 24 heavy (non-hydrogen) atoms. The van der Waals surface area contributed by atoms with Crippen molar-refractivity contribution in [3.05, 3.63) is 47.8 Å². The topological polar surface area (TPSA) is 123 Å². The van der Waals surface area contributed by atoms with E-state index in [1.54, 1.807) is 24.3 Å². The molecule has 126 valence electrons. The number of carboxylic acids is 1. The number of anilines is 1. The molecule has 0 aliphatic carbocycles. The van der Waals surface area contributed by atoms with E-state index in [1.807, 2.05) is 0 Å². The lowest BCUT2D eigenvalue weighted by molar-refractivity contribution is -0.138. The van der Waals surface area contributed by atoms with Gasteiger partial charge in [0.2, 0.25) is 0 Å². The number of nitrogens with zero attached hydrogens (tertiary/aromatic N) is 2. The number of aliphatic carboxylic acids is 1. The van der Waals surface area contributed by atoms with Gasteiger partial charge in [-0.25, -0.2) is 8.42 Å². The lowest BCUT2D eigenvalue weighted by atomic mass is 10.0. The molecule has 2 aromatic rings. The summed E-state index contributed by atoms with van der Waals surface area (Å²) >= 11 is 0. The summed E-state index contributed by atoms with van der Waals surface area (Å²) in [6.45, 7) is -0.197. The molecule has 0 fully saturated rings. The third-order valence-electron chi connectivity index (χ3n) is 4.05. The summed E-state index contributed by atoms with van der Waals surface area (Å²) in [5.41, 5.74) is 6.04. The number of aryl methyl sites for hydroxylation is 1. The summed E-state index contributed by atoms with van der Waals surface area (Å²) in [7, 11) is -2.50. The fourth-order valence-corrected chi connectivity index (χ4v) is 4.43. The fraction of sp³-hybridized carbons (Fsp3) is 0.200. The van der Waals surface area contributed by atoms with Crippen molar-refractivity contribution in [3.63, 3.8) is 0 Å². The van der Waals surface area contributed by atoms with Crippen LogP contribution >= 0.6 is 0 Å². The summed E-state index contributed by atoms with van der Waals surface area (Å²) in [5.74, 6) is -2.77. The highest BCUT2D eigenvalue weighted by Gasteiger charge is 2.40. The molecule has 0 saturated carbocycles. The Kier molecular flexibility index (Phi) is 3.60. The molecule has 9 heteroatoms. The Labute approximate surface area is 138 Å². The van der Waals surface area contributed by atoms with Crippen LogP contribution in [0.3, 0.4) is 0 Å². The maximum atomic E-state index is 12.9. The molecule has 3 N–H and O–H groups in total. The second-order valence-corrected chi connectivity index (χ2v) is 7.38. The maximum absolute atomic E-state index is 12.9. The maximum Gasteiger partial charge on any atom is 0.312 e. The molecule has 0 bridgehead atoms. The number of hydrogen-bond acceptors (Lipinski definition) is 4. The number of primary amides is 1. The average molecular weight is 349 g/mol. The van der Waals surface area contributed by atoms with Gasteiger partial charge in [-0.05, 0) is 17.7 Å². The first-order chi connectivity index (χ1) is 11.2. The van der Waals surface area contributed by atoms with Crippen LogP contribution in [0.2, 0.25) is 0 Å². The monoisotopic (exact) mass is 349 g/mol. The zero-order chi connectivity index (χ0) is 17.6. The summed E-state index contributed by atoms with van der Waals surface area (Å²) in [5, 5.41) is 9.35. The summed E-state index contributed by atoms with van der Waals surface area (Å²) < 4.78 is 28.2. The van der Waals surface area contributed by atoms with E-state index in [2.05, 4.69) is 0 Å². The van der Waals surface area contributed by atoms with Crippen molar-refractivity contribution in [2.24, 2.45) is 12.8 Å². The number of hydrogen-bond donors (Lipinski definition) is 2. The van der Waals surface area contributed by atoms with E-state index in [1.165, 1.54) is 23.9 Å². The van der Waals surface area contributed by atoms with Gasteiger partial charge in [-0.3, -0.25) is 13.9 Å². The molecule has 1 aliphatic heterocycles. The fourth-order valence-electron chi connectivity index (χ4n) is 2.86. The van der Waals surface area contributed by atoms with Crippen molar-refractivity contribution in [1.29, 1.82) is 0 Å². The van der Waals surface area contributed by atoms with E-state index < -0.39 is 27.8 Å². The molecular formula is C15H15N3O5S. The predicted octanol–water partition coefficient (Wildman–Crippen LogP) is 0.501. The van der Waals surface area contributed by atoms with Gasteiger partial charge in [0.15, 0.2) is 0 Å². The number of amides is 1. The number of carboxylic acid groups (broad SMARTS) is 1. The minimum atomic E-state index is -4.01.